The lowest BCUT2D eigenvalue weighted by Crippen LogP contribution is -2.43. The number of ether oxygens (including phenoxy) is 1. The van der Waals surface area contributed by atoms with E-state index in [1.54, 1.807) is 6.26 Å². The van der Waals surface area contributed by atoms with Crippen LogP contribution < -0.4 is 5.32 Å². The molecule has 1 aromatic rings. The highest BCUT2D eigenvalue weighted by Crippen LogP contribution is 2.14. The van der Waals surface area contributed by atoms with Crippen LogP contribution >= 0.6 is 0 Å². The van der Waals surface area contributed by atoms with Gasteiger partial charge in [-0.15, -0.1) is 0 Å². The molecule has 1 saturated heterocycles. The van der Waals surface area contributed by atoms with Crippen molar-refractivity contribution in [1.82, 2.24) is 10.2 Å². The van der Waals surface area contributed by atoms with Crippen molar-refractivity contribution in [3.8, 4) is 0 Å². The minimum absolute atomic E-state index is 0.437. The van der Waals surface area contributed by atoms with Crippen molar-refractivity contribution >= 4 is 0 Å². The van der Waals surface area contributed by atoms with Gasteiger partial charge in [0.15, 0.2) is 0 Å². The monoisotopic (exact) mass is 266 g/mol. The van der Waals surface area contributed by atoms with E-state index < -0.39 is 0 Å². The van der Waals surface area contributed by atoms with Crippen molar-refractivity contribution in [1.29, 1.82) is 0 Å². The molecule has 1 N–H and O–H groups in total. The Kier molecular flexibility index (Phi) is 5.89. The second-order valence-electron chi connectivity index (χ2n) is 5.28. The number of hydrogen-bond acceptors (Lipinski definition) is 4. The van der Waals surface area contributed by atoms with E-state index in [4.69, 9.17) is 9.15 Å². The predicted molar refractivity (Wildman–Crippen MR) is 76.1 cm³/mol. The van der Waals surface area contributed by atoms with Crippen LogP contribution in [0.5, 0.6) is 0 Å². The summed E-state index contributed by atoms with van der Waals surface area (Å²) in [5.74, 6) is 0.995. The minimum atomic E-state index is 0.437. The maximum atomic E-state index is 5.72. The summed E-state index contributed by atoms with van der Waals surface area (Å²) >= 11 is 0. The molecule has 2 rings (SSSR count). The van der Waals surface area contributed by atoms with Crippen molar-refractivity contribution < 1.29 is 9.15 Å². The van der Waals surface area contributed by atoms with Gasteiger partial charge in [-0.25, -0.2) is 0 Å². The number of furan rings is 1. The molecule has 1 aromatic heterocycles. The van der Waals surface area contributed by atoms with E-state index in [0.29, 0.717) is 12.1 Å². The van der Waals surface area contributed by atoms with Crippen LogP contribution in [-0.2, 0) is 11.3 Å². The van der Waals surface area contributed by atoms with Crippen LogP contribution in [0.1, 0.15) is 32.4 Å². The summed E-state index contributed by atoms with van der Waals surface area (Å²) in [6, 6.07) is 4.45. The molecule has 1 fully saturated rings. The molecule has 0 saturated carbocycles. The topological polar surface area (TPSA) is 37.6 Å². The highest BCUT2D eigenvalue weighted by molar-refractivity contribution is 4.97. The van der Waals surface area contributed by atoms with Gasteiger partial charge < -0.3 is 14.5 Å². The lowest BCUT2D eigenvalue weighted by Gasteiger charge is -2.30. The van der Waals surface area contributed by atoms with Crippen molar-refractivity contribution in [2.24, 2.45) is 0 Å². The molecule has 2 unspecified atom stereocenters. The Morgan fingerprint density at radius 2 is 2.42 bits per heavy atom. The Labute approximate surface area is 116 Å². The minimum Gasteiger partial charge on any atom is -0.468 e. The van der Waals surface area contributed by atoms with E-state index in [9.17, 15) is 0 Å². The average Bonchev–Trinajstić information content (AvgIpc) is 3.08. The Morgan fingerprint density at radius 3 is 3.05 bits per heavy atom. The van der Waals surface area contributed by atoms with Crippen molar-refractivity contribution in [2.45, 2.75) is 45.4 Å². The third-order valence-electron chi connectivity index (χ3n) is 3.81. The second kappa shape index (κ2) is 7.68. The molecule has 0 spiro atoms. The number of nitrogens with one attached hydrogen (secondary N) is 1. The van der Waals surface area contributed by atoms with Gasteiger partial charge in [0.2, 0.25) is 0 Å². The lowest BCUT2D eigenvalue weighted by atomic mass is 10.2. The summed E-state index contributed by atoms with van der Waals surface area (Å²) in [6.45, 7) is 9.33. The zero-order valence-corrected chi connectivity index (χ0v) is 12.1. The van der Waals surface area contributed by atoms with E-state index in [2.05, 4.69) is 24.1 Å². The summed E-state index contributed by atoms with van der Waals surface area (Å²) in [7, 11) is 0. The summed E-state index contributed by atoms with van der Waals surface area (Å²) in [4.78, 5) is 2.49. The van der Waals surface area contributed by atoms with Gasteiger partial charge in [-0.05, 0) is 38.4 Å². The maximum absolute atomic E-state index is 5.72. The highest BCUT2D eigenvalue weighted by Gasteiger charge is 2.21. The van der Waals surface area contributed by atoms with Crippen LogP contribution in [0.15, 0.2) is 22.8 Å². The molecule has 108 valence electrons. The number of rotatable bonds is 8. The van der Waals surface area contributed by atoms with Gasteiger partial charge in [0.25, 0.3) is 0 Å². The predicted octanol–water partition coefficient (Wildman–Crippen LogP) is 2.26. The van der Waals surface area contributed by atoms with Crippen molar-refractivity contribution in [2.75, 3.05) is 26.2 Å². The Bertz CT molecular complexity index is 334. The van der Waals surface area contributed by atoms with Crippen molar-refractivity contribution in [3.05, 3.63) is 24.2 Å². The SMILES string of the molecule is CCN(CC1CCCO1)C(C)CNCc1ccco1. The molecule has 2 atom stereocenters. The summed E-state index contributed by atoms with van der Waals surface area (Å²) in [5, 5.41) is 3.45. The van der Waals surface area contributed by atoms with E-state index in [-0.39, 0.29) is 0 Å². The number of nitrogens with zero attached hydrogens (tertiary/aromatic N) is 1. The number of hydrogen-bond donors (Lipinski definition) is 1. The van der Waals surface area contributed by atoms with Crippen LogP contribution in [0.4, 0.5) is 0 Å². The van der Waals surface area contributed by atoms with Crippen LogP contribution in [0.3, 0.4) is 0 Å². The normalized spacial score (nSPS) is 21.1. The van der Waals surface area contributed by atoms with Crippen LogP contribution in [-0.4, -0.2) is 43.3 Å². The van der Waals surface area contributed by atoms with Gasteiger partial charge in [-0.1, -0.05) is 6.92 Å². The number of likely N-dealkylation sites (N-methyl/N-ethyl adjacent to an activating group) is 1. The van der Waals surface area contributed by atoms with E-state index >= 15 is 0 Å². The maximum Gasteiger partial charge on any atom is 0.117 e. The quantitative estimate of drug-likeness (QED) is 0.783. The third-order valence-corrected chi connectivity index (χ3v) is 3.81. The van der Waals surface area contributed by atoms with Crippen LogP contribution in [0, 0.1) is 0 Å². The fourth-order valence-electron chi connectivity index (χ4n) is 2.62. The van der Waals surface area contributed by atoms with Gasteiger partial charge in [-0.3, -0.25) is 4.90 Å². The molecule has 0 radical (unpaired) electrons. The fourth-order valence-corrected chi connectivity index (χ4v) is 2.62. The Hall–Kier alpha value is -0.840. The molecule has 19 heavy (non-hydrogen) atoms. The molecular weight excluding hydrogens is 240 g/mol. The van der Waals surface area contributed by atoms with E-state index in [1.807, 2.05) is 12.1 Å². The summed E-state index contributed by atoms with van der Waals surface area (Å²) in [5.41, 5.74) is 0. The van der Waals surface area contributed by atoms with E-state index in [1.165, 1.54) is 12.8 Å². The first-order chi connectivity index (χ1) is 9.29. The van der Waals surface area contributed by atoms with Gasteiger partial charge in [0.1, 0.15) is 5.76 Å². The summed E-state index contributed by atoms with van der Waals surface area (Å²) < 4.78 is 11.0. The van der Waals surface area contributed by atoms with Gasteiger partial charge in [0.05, 0.1) is 18.9 Å². The first-order valence-corrected chi connectivity index (χ1v) is 7.38. The first-order valence-electron chi connectivity index (χ1n) is 7.38. The molecule has 0 aromatic carbocycles. The fraction of sp³-hybridized carbons (Fsp3) is 0.733. The van der Waals surface area contributed by atoms with Gasteiger partial charge >= 0.3 is 0 Å². The average molecular weight is 266 g/mol. The second-order valence-corrected chi connectivity index (χ2v) is 5.28. The Morgan fingerprint density at radius 1 is 1.53 bits per heavy atom. The molecule has 4 heteroatoms. The standard InChI is InChI=1S/C15H26N2O2/c1-3-17(12-15-7-5-9-19-15)13(2)10-16-11-14-6-4-8-18-14/h4,6,8,13,15-16H,3,5,7,9-12H2,1-2H3. The zero-order valence-electron chi connectivity index (χ0n) is 12.1. The smallest absolute Gasteiger partial charge is 0.117 e. The molecule has 0 amide bonds. The van der Waals surface area contributed by atoms with Gasteiger partial charge in [-0.2, -0.15) is 0 Å². The summed E-state index contributed by atoms with van der Waals surface area (Å²) in [6.07, 6.45) is 4.58. The van der Waals surface area contributed by atoms with Gasteiger partial charge in [0, 0.05) is 25.7 Å². The zero-order chi connectivity index (χ0) is 13.5. The largest absolute Gasteiger partial charge is 0.468 e. The lowest BCUT2D eigenvalue weighted by molar-refractivity contribution is 0.0617. The molecule has 1 aliphatic rings. The Balaban J connectivity index is 1.68. The molecule has 0 aliphatic carbocycles. The highest BCUT2D eigenvalue weighted by atomic mass is 16.5. The van der Waals surface area contributed by atoms with Crippen LogP contribution in [0.2, 0.25) is 0 Å². The van der Waals surface area contributed by atoms with Crippen molar-refractivity contribution in [3.63, 3.8) is 0 Å². The molecule has 2 heterocycles. The van der Waals surface area contributed by atoms with Crippen LogP contribution in [0.25, 0.3) is 0 Å². The molecule has 1 aliphatic heterocycles. The molecule has 0 bridgehead atoms. The van der Waals surface area contributed by atoms with E-state index in [0.717, 1.165) is 38.5 Å². The molecule has 4 nitrogen and oxygen atoms in total. The molecular formula is C15H26N2O2. The first kappa shape index (κ1) is 14.6. The third kappa shape index (κ3) is 4.64.